The molecule has 1 amide bonds. The Hall–Kier alpha value is -1.55. The van der Waals surface area contributed by atoms with E-state index in [1.165, 1.54) is 0 Å². The summed E-state index contributed by atoms with van der Waals surface area (Å²) in [5, 5.41) is 2.73. The highest BCUT2D eigenvalue weighted by atomic mass is 16.2. The van der Waals surface area contributed by atoms with Crippen molar-refractivity contribution >= 4 is 11.6 Å². The Kier molecular flexibility index (Phi) is 3.64. The molecule has 1 aliphatic rings. The number of carbonyl (C=O) groups is 1. The van der Waals surface area contributed by atoms with E-state index in [9.17, 15) is 4.79 Å². The second-order valence-electron chi connectivity index (χ2n) is 4.30. The van der Waals surface area contributed by atoms with Gasteiger partial charge in [0.05, 0.1) is 0 Å². The average molecular weight is 233 g/mol. The normalized spacial score (nSPS) is 19.4. The van der Waals surface area contributed by atoms with E-state index < -0.39 is 0 Å². The first-order chi connectivity index (χ1) is 8.27. The standard InChI is InChI=1S/C13H19N3O/c1-15-13(17)12-7-4-8-16(12)11-6-3-2-5-10(11)9-14/h2-3,5-6,12H,4,7-9,14H2,1H3,(H,15,17). The molecule has 1 aromatic rings. The maximum atomic E-state index is 11.8. The first-order valence-corrected chi connectivity index (χ1v) is 6.04. The lowest BCUT2D eigenvalue weighted by molar-refractivity contribution is -0.121. The summed E-state index contributed by atoms with van der Waals surface area (Å²) in [6.07, 6.45) is 1.97. The summed E-state index contributed by atoms with van der Waals surface area (Å²) in [6.45, 7) is 1.43. The zero-order valence-corrected chi connectivity index (χ0v) is 10.1. The number of nitrogens with zero attached hydrogens (tertiary/aromatic N) is 1. The van der Waals surface area contributed by atoms with E-state index in [-0.39, 0.29) is 11.9 Å². The summed E-state index contributed by atoms with van der Waals surface area (Å²) in [7, 11) is 1.69. The van der Waals surface area contributed by atoms with E-state index in [2.05, 4.69) is 10.2 Å². The van der Waals surface area contributed by atoms with E-state index in [1.807, 2.05) is 24.3 Å². The van der Waals surface area contributed by atoms with Gasteiger partial charge >= 0.3 is 0 Å². The molecular formula is C13H19N3O. The van der Waals surface area contributed by atoms with Crippen LogP contribution in [0.4, 0.5) is 5.69 Å². The van der Waals surface area contributed by atoms with Crippen LogP contribution in [0.3, 0.4) is 0 Å². The van der Waals surface area contributed by atoms with Gasteiger partial charge in [-0.2, -0.15) is 0 Å². The monoisotopic (exact) mass is 233 g/mol. The van der Waals surface area contributed by atoms with Gasteiger partial charge < -0.3 is 16.0 Å². The first kappa shape index (κ1) is 11.9. The molecule has 1 heterocycles. The van der Waals surface area contributed by atoms with Crippen LogP contribution in [0.25, 0.3) is 0 Å². The third-order valence-electron chi connectivity index (χ3n) is 3.32. The van der Waals surface area contributed by atoms with Gasteiger partial charge in [-0.15, -0.1) is 0 Å². The van der Waals surface area contributed by atoms with Gasteiger partial charge in [-0.3, -0.25) is 4.79 Å². The molecule has 0 bridgehead atoms. The highest BCUT2D eigenvalue weighted by Crippen LogP contribution is 2.28. The number of hydrogen-bond acceptors (Lipinski definition) is 3. The SMILES string of the molecule is CNC(=O)C1CCCN1c1ccccc1CN. The van der Waals surface area contributed by atoms with Crippen molar-refractivity contribution in [3.63, 3.8) is 0 Å². The smallest absolute Gasteiger partial charge is 0.242 e. The second-order valence-corrected chi connectivity index (χ2v) is 4.30. The molecular weight excluding hydrogens is 214 g/mol. The van der Waals surface area contributed by atoms with Crippen LogP contribution in [0.15, 0.2) is 24.3 Å². The summed E-state index contributed by atoms with van der Waals surface area (Å²) < 4.78 is 0. The predicted octanol–water partition coefficient (Wildman–Crippen LogP) is 0.860. The molecule has 1 atom stereocenters. The molecule has 92 valence electrons. The molecule has 4 nitrogen and oxygen atoms in total. The Morgan fingerprint density at radius 3 is 3.00 bits per heavy atom. The van der Waals surface area contributed by atoms with Crippen molar-refractivity contribution in [3.8, 4) is 0 Å². The zero-order valence-electron chi connectivity index (χ0n) is 10.1. The predicted molar refractivity (Wildman–Crippen MR) is 68.8 cm³/mol. The number of benzene rings is 1. The van der Waals surface area contributed by atoms with Crippen LogP contribution in [0.2, 0.25) is 0 Å². The van der Waals surface area contributed by atoms with Gasteiger partial charge in [0.1, 0.15) is 6.04 Å². The van der Waals surface area contributed by atoms with Crippen molar-refractivity contribution in [2.75, 3.05) is 18.5 Å². The average Bonchev–Trinajstić information content (AvgIpc) is 2.86. The number of anilines is 1. The van der Waals surface area contributed by atoms with Crippen LogP contribution in [0.5, 0.6) is 0 Å². The Balaban J connectivity index is 2.29. The maximum absolute atomic E-state index is 11.8. The fraction of sp³-hybridized carbons (Fsp3) is 0.462. The van der Waals surface area contributed by atoms with E-state index >= 15 is 0 Å². The summed E-state index contributed by atoms with van der Waals surface area (Å²) in [5.74, 6) is 0.0920. The molecule has 0 aromatic heterocycles. The minimum Gasteiger partial charge on any atom is -0.359 e. The highest BCUT2D eigenvalue weighted by molar-refractivity contribution is 5.85. The molecule has 1 fully saturated rings. The molecule has 1 aliphatic heterocycles. The summed E-state index contributed by atoms with van der Waals surface area (Å²) in [4.78, 5) is 14.0. The molecule has 17 heavy (non-hydrogen) atoms. The molecule has 0 radical (unpaired) electrons. The first-order valence-electron chi connectivity index (χ1n) is 6.04. The maximum Gasteiger partial charge on any atom is 0.242 e. The molecule has 0 aliphatic carbocycles. The zero-order chi connectivity index (χ0) is 12.3. The highest BCUT2D eigenvalue weighted by Gasteiger charge is 2.30. The van der Waals surface area contributed by atoms with Crippen molar-refractivity contribution in [3.05, 3.63) is 29.8 Å². The van der Waals surface area contributed by atoms with Crippen molar-refractivity contribution in [2.24, 2.45) is 5.73 Å². The van der Waals surface area contributed by atoms with Crippen molar-refractivity contribution in [2.45, 2.75) is 25.4 Å². The third kappa shape index (κ3) is 2.26. The van der Waals surface area contributed by atoms with E-state index in [0.717, 1.165) is 30.6 Å². The number of nitrogens with one attached hydrogen (secondary N) is 1. The van der Waals surface area contributed by atoms with Crippen LogP contribution in [-0.2, 0) is 11.3 Å². The minimum absolute atomic E-state index is 0.0484. The molecule has 1 unspecified atom stereocenters. The Morgan fingerprint density at radius 1 is 1.53 bits per heavy atom. The molecule has 1 saturated heterocycles. The van der Waals surface area contributed by atoms with Crippen LogP contribution in [-0.4, -0.2) is 25.5 Å². The van der Waals surface area contributed by atoms with E-state index in [0.29, 0.717) is 6.54 Å². The summed E-state index contributed by atoms with van der Waals surface area (Å²) in [6, 6.07) is 8.00. The molecule has 1 aromatic carbocycles. The largest absolute Gasteiger partial charge is 0.359 e. The Labute approximate surface area is 102 Å². The number of nitrogens with two attached hydrogens (primary N) is 1. The van der Waals surface area contributed by atoms with E-state index in [1.54, 1.807) is 7.05 Å². The number of rotatable bonds is 3. The minimum atomic E-state index is -0.0484. The lowest BCUT2D eigenvalue weighted by Gasteiger charge is -2.27. The van der Waals surface area contributed by atoms with Crippen LogP contribution < -0.4 is 16.0 Å². The number of carbonyl (C=O) groups excluding carboxylic acids is 1. The third-order valence-corrected chi connectivity index (χ3v) is 3.32. The molecule has 2 rings (SSSR count). The fourth-order valence-corrected chi connectivity index (χ4v) is 2.46. The number of likely N-dealkylation sites (N-methyl/N-ethyl adjacent to an activating group) is 1. The van der Waals surface area contributed by atoms with Gasteiger partial charge in [-0.05, 0) is 24.5 Å². The van der Waals surface area contributed by atoms with Gasteiger partial charge in [-0.25, -0.2) is 0 Å². The van der Waals surface area contributed by atoms with Crippen LogP contribution in [0.1, 0.15) is 18.4 Å². The molecule has 0 saturated carbocycles. The van der Waals surface area contributed by atoms with Crippen molar-refractivity contribution in [1.29, 1.82) is 0 Å². The van der Waals surface area contributed by atoms with Gasteiger partial charge in [0.15, 0.2) is 0 Å². The van der Waals surface area contributed by atoms with Gasteiger partial charge in [-0.1, -0.05) is 18.2 Å². The van der Waals surface area contributed by atoms with Gasteiger partial charge in [0.25, 0.3) is 0 Å². The Morgan fingerprint density at radius 2 is 2.29 bits per heavy atom. The van der Waals surface area contributed by atoms with Crippen molar-refractivity contribution < 1.29 is 4.79 Å². The van der Waals surface area contributed by atoms with Gasteiger partial charge in [0, 0.05) is 25.8 Å². The number of hydrogen-bond donors (Lipinski definition) is 2. The van der Waals surface area contributed by atoms with Crippen molar-refractivity contribution in [1.82, 2.24) is 5.32 Å². The van der Waals surface area contributed by atoms with Gasteiger partial charge in [0.2, 0.25) is 5.91 Å². The van der Waals surface area contributed by atoms with Crippen LogP contribution in [0, 0.1) is 0 Å². The fourth-order valence-electron chi connectivity index (χ4n) is 2.46. The topological polar surface area (TPSA) is 58.4 Å². The van der Waals surface area contributed by atoms with E-state index in [4.69, 9.17) is 5.73 Å². The lowest BCUT2D eigenvalue weighted by atomic mass is 10.1. The Bertz CT molecular complexity index is 405. The lowest BCUT2D eigenvalue weighted by Crippen LogP contribution is -2.42. The second kappa shape index (κ2) is 5.19. The molecule has 4 heteroatoms. The number of para-hydroxylation sites is 1. The molecule has 3 N–H and O–H groups in total. The van der Waals surface area contributed by atoms with Crippen LogP contribution >= 0.6 is 0 Å². The quantitative estimate of drug-likeness (QED) is 0.814. The number of amides is 1. The summed E-state index contributed by atoms with van der Waals surface area (Å²) >= 11 is 0. The summed E-state index contributed by atoms with van der Waals surface area (Å²) in [5.41, 5.74) is 7.94. The molecule has 0 spiro atoms.